The molecule has 0 aromatic rings. The number of allylic oxidation sites excluding steroid dienone is 3. The maximum absolute atomic E-state index is 2.66. The molecule has 0 saturated carbocycles. The van der Waals surface area contributed by atoms with Gasteiger partial charge in [-0.25, -0.2) is 0 Å². The summed E-state index contributed by atoms with van der Waals surface area (Å²) in [6, 6.07) is 0. The summed E-state index contributed by atoms with van der Waals surface area (Å²) < 4.78 is 0. The van der Waals surface area contributed by atoms with E-state index in [1.807, 2.05) is 0 Å². The third-order valence-electron chi connectivity index (χ3n) is 5.39. The number of hydrogen-bond acceptors (Lipinski definition) is 3. The molecule has 0 aromatic heterocycles. The van der Waals surface area contributed by atoms with Crippen molar-refractivity contribution in [2.45, 2.75) is 79.8 Å². The van der Waals surface area contributed by atoms with Gasteiger partial charge in [-0.15, -0.1) is 0 Å². The van der Waals surface area contributed by atoms with E-state index in [2.05, 4.69) is 91.1 Å². The van der Waals surface area contributed by atoms with Crippen LogP contribution in [0.1, 0.15) is 68.7 Å². The lowest BCUT2D eigenvalue weighted by atomic mass is 9.83. The molecule has 2 rings (SSSR count). The molecule has 0 amide bonds. The average Bonchev–Trinajstić information content (AvgIpc) is 2.61. The highest BCUT2D eigenvalue weighted by molar-refractivity contribution is 5.35. The molecule has 0 aromatic carbocycles. The third kappa shape index (κ3) is 2.33. The molecule has 2 aliphatic heterocycles. The van der Waals surface area contributed by atoms with Crippen molar-refractivity contribution < 1.29 is 0 Å². The molecule has 0 atom stereocenters. The van der Waals surface area contributed by atoms with E-state index in [1.54, 1.807) is 0 Å². The zero-order valence-electron chi connectivity index (χ0n) is 16.5. The topological polar surface area (TPSA) is 9.72 Å². The van der Waals surface area contributed by atoms with Gasteiger partial charge in [0, 0.05) is 42.0 Å². The maximum Gasteiger partial charge on any atom is 0.132 e. The minimum atomic E-state index is 0.103. The van der Waals surface area contributed by atoms with Gasteiger partial charge >= 0.3 is 0 Å². The first-order valence-electron chi connectivity index (χ1n) is 8.42. The third-order valence-corrected chi connectivity index (χ3v) is 5.39. The highest BCUT2D eigenvalue weighted by atomic mass is 15.4. The molecule has 0 unspecified atom stereocenters. The predicted molar refractivity (Wildman–Crippen MR) is 95.0 cm³/mol. The van der Waals surface area contributed by atoms with Gasteiger partial charge in [0.05, 0.1) is 5.70 Å². The van der Waals surface area contributed by atoms with Crippen molar-refractivity contribution >= 4 is 0 Å². The normalized spacial score (nSPS) is 25.0. The van der Waals surface area contributed by atoms with E-state index < -0.39 is 0 Å². The van der Waals surface area contributed by atoms with E-state index in [4.69, 9.17) is 0 Å². The van der Waals surface area contributed by atoms with Crippen molar-refractivity contribution in [2.24, 2.45) is 5.41 Å². The van der Waals surface area contributed by atoms with Crippen LogP contribution in [-0.4, -0.2) is 39.9 Å². The van der Waals surface area contributed by atoms with Crippen LogP contribution in [-0.2, 0) is 0 Å². The van der Waals surface area contributed by atoms with E-state index in [0.717, 1.165) is 0 Å². The Morgan fingerprint density at radius 1 is 0.864 bits per heavy atom. The molecule has 0 aliphatic carbocycles. The van der Waals surface area contributed by atoms with Crippen LogP contribution in [0.4, 0.5) is 0 Å². The van der Waals surface area contributed by atoms with Crippen molar-refractivity contribution in [3.8, 4) is 0 Å². The Hall–Kier alpha value is -1.12. The second-order valence-corrected chi connectivity index (χ2v) is 9.34. The molecule has 1 saturated heterocycles. The highest BCUT2D eigenvalue weighted by Gasteiger charge is 2.53. The summed E-state index contributed by atoms with van der Waals surface area (Å²) in [5, 5.41) is 0. The second-order valence-electron chi connectivity index (χ2n) is 9.34. The van der Waals surface area contributed by atoms with Crippen molar-refractivity contribution in [3.63, 3.8) is 0 Å². The van der Waals surface area contributed by atoms with Gasteiger partial charge in [-0.05, 0) is 54.9 Å². The Morgan fingerprint density at radius 3 is 1.64 bits per heavy atom. The van der Waals surface area contributed by atoms with Crippen LogP contribution in [0.2, 0.25) is 0 Å². The zero-order chi connectivity index (χ0) is 17.2. The fourth-order valence-electron chi connectivity index (χ4n) is 4.84. The first-order chi connectivity index (χ1) is 9.72. The van der Waals surface area contributed by atoms with Crippen LogP contribution in [0.5, 0.6) is 0 Å². The number of likely N-dealkylation sites (tertiary alicyclic amines) is 1. The Balaban J connectivity index is 2.73. The first kappa shape index (κ1) is 17.2. The van der Waals surface area contributed by atoms with Gasteiger partial charge in [0.15, 0.2) is 0 Å². The summed E-state index contributed by atoms with van der Waals surface area (Å²) in [6.07, 6.45) is 1.18. The van der Waals surface area contributed by atoms with Gasteiger partial charge in [-0.3, -0.25) is 0 Å². The van der Waals surface area contributed by atoms with Crippen molar-refractivity contribution in [1.82, 2.24) is 14.7 Å². The summed E-state index contributed by atoms with van der Waals surface area (Å²) >= 11 is 0. The van der Waals surface area contributed by atoms with Gasteiger partial charge in [-0.1, -0.05) is 13.8 Å². The predicted octanol–water partition coefficient (Wildman–Crippen LogP) is 4.59. The molecule has 0 spiro atoms. The van der Waals surface area contributed by atoms with Crippen LogP contribution in [0.25, 0.3) is 0 Å². The molecular weight excluding hydrogens is 270 g/mol. The standard InChI is InChI=1S/C19H35N3/c1-13-14(2)21(11)16(20(13)10)15-18(6,7)12-19(8,9)22(15)17(3,4)5/h12H2,1-11H3. The van der Waals surface area contributed by atoms with Crippen LogP contribution in [0.3, 0.4) is 0 Å². The van der Waals surface area contributed by atoms with Crippen LogP contribution >= 0.6 is 0 Å². The lowest BCUT2D eigenvalue weighted by Crippen LogP contribution is -2.50. The highest BCUT2D eigenvalue weighted by Crippen LogP contribution is 2.54. The van der Waals surface area contributed by atoms with Gasteiger partial charge in [0.1, 0.15) is 5.82 Å². The maximum atomic E-state index is 2.66. The van der Waals surface area contributed by atoms with Crippen LogP contribution in [0, 0.1) is 5.41 Å². The van der Waals surface area contributed by atoms with E-state index in [1.165, 1.54) is 29.3 Å². The van der Waals surface area contributed by atoms with E-state index in [9.17, 15) is 0 Å². The molecule has 22 heavy (non-hydrogen) atoms. The monoisotopic (exact) mass is 305 g/mol. The van der Waals surface area contributed by atoms with Crippen molar-refractivity contribution in [2.75, 3.05) is 14.1 Å². The number of nitrogens with zero attached hydrogens (tertiary/aromatic N) is 3. The Morgan fingerprint density at radius 2 is 1.27 bits per heavy atom. The quantitative estimate of drug-likeness (QED) is 0.648. The SMILES string of the molecule is CC1=C(C)N(C)C(=C2N(C(C)(C)C)C(C)(C)CC2(C)C)N1C. The van der Waals surface area contributed by atoms with Crippen molar-refractivity contribution in [1.29, 1.82) is 0 Å². The number of rotatable bonds is 0. The molecule has 0 N–H and O–H groups in total. The molecule has 3 heteroatoms. The Kier molecular flexibility index (Phi) is 3.67. The summed E-state index contributed by atoms with van der Waals surface area (Å²) in [4.78, 5) is 7.40. The molecule has 0 bridgehead atoms. The minimum absolute atomic E-state index is 0.103. The smallest absolute Gasteiger partial charge is 0.132 e. The summed E-state index contributed by atoms with van der Waals surface area (Å²) in [6.45, 7) is 21.0. The minimum Gasteiger partial charge on any atom is -0.361 e. The largest absolute Gasteiger partial charge is 0.361 e. The fourth-order valence-corrected chi connectivity index (χ4v) is 4.84. The summed E-state index contributed by atoms with van der Waals surface area (Å²) in [5.41, 5.74) is 4.60. The van der Waals surface area contributed by atoms with E-state index >= 15 is 0 Å². The Labute approximate surface area is 137 Å². The molecule has 0 radical (unpaired) electrons. The molecule has 3 nitrogen and oxygen atoms in total. The Bertz CT molecular complexity index is 524. The molecule has 2 aliphatic rings. The van der Waals surface area contributed by atoms with Gasteiger partial charge < -0.3 is 14.7 Å². The summed E-state index contributed by atoms with van der Waals surface area (Å²) in [5.74, 6) is 1.35. The lowest BCUT2D eigenvalue weighted by molar-refractivity contribution is 0.0902. The van der Waals surface area contributed by atoms with E-state index in [0.29, 0.717) is 0 Å². The van der Waals surface area contributed by atoms with Crippen molar-refractivity contribution in [3.05, 3.63) is 22.9 Å². The first-order valence-corrected chi connectivity index (χ1v) is 8.42. The van der Waals surface area contributed by atoms with Gasteiger partial charge in [-0.2, -0.15) is 0 Å². The van der Waals surface area contributed by atoms with E-state index in [-0.39, 0.29) is 16.5 Å². The molecule has 126 valence electrons. The lowest BCUT2D eigenvalue weighted by Gasteiger charge is -2.46. The van der Waals surface area contributed by atoms with Gasteiger partial charge in [0.2, 0.25) is 0 Å². The zero-order valence-corrected chi connectivity index (χ0v) is 16.5. The summed E-state index contributed by atoms with van der Waals surface area (Å²) in [7, 11) is 4.40. The second kappa shape index (κ2) is 4.69. The molecule has 1 fully saturated rings. The van der Waals surface area contributed by atoms with Crippen LogP contribution < -0.4 is 0 Å². The average molecular weight is 306 g/mol. The van der Waals surface area contributed by atoms with Gasteiger partial charge in [0.25, 0.3) is 0 Å². The molecular formula is C19H35N3. The fraction of sp³-hybridized carbons (Fsp3) is 0.789. The molecule has 2 heterocycles. The number of hydrogen-bond donors (Lipinski definition) is 0. The van der Waals surface area contributed by atoms with Crippen LogP contribution in [0.15, 0.2) is 22.9 Å².